The van der Waals surface area contributed by atoms with Crippen molar-refractivity contribution < 1.29 is 32.2 Å². The summed E-state index contributed by atoms with van der Waals surface area (Å²) in [4.78, 5) is 22.4. The Morgan fingerprint density at radius 2 is 1.74 bits per heavy atom. The molecule has 0 fully saturated rings. The smallest absolute Gasteiger partial charge is 0.313 e. The molecule has 0 aromatic heterocycles. The number of fused-ring (bicyclic) bond motifs is 1. The lowest BCUT2D eigenvalue weighted by Crippen LogP contribution is -2.30. The Labute approximate surface area is 195 Å². The van der Waals surface area contributed by atoms with E-state index in [-0.39, 0.29) is 15.5 Å². The second kappa shape index (κ2) is 8.79. The minimum atomic E-state index is -4.14. The van der Waals surface area contributed by atoms with Crippen LogP contribution < -0.4 is 15.8 Å². The van der Waals surface area contributed by atoms with Gasteiger partial charge in [-0.15, -0.1) is 0 Å². The van der Waals surface area contributed by atoms with Gasteiger partial charge in [0.05, 0.1) is 4.90 Å². The summed E-state index contributed by atoms with van der Waals surface area (Å²) in [5.41, 5.74) is 7.82. The monoisotopic (exact) mass is 484 g/mol. The fraction of sp³-hybridized carbons (Fsp3) is 0.167. The topological polar surface area (TPSA) is 136 Å². The number of rotatable bonds is 5. The van der Waals surface area contributed by atoms with Gasteiger partial charge in [0.2, 0.25) is 9.84 Å². The van der Waals surface area contributed by atoms with Crippen LogP contribution in [0.2, 0.25) is 0 Å². The first-order chi connectivity index (χ1) is 16.1. The van der Waals surface area contributed by atoms with Crippen LogP contribution in [0.5, 0.6) is 17.2 Å². The number of sulfone groups is 1. The van der Waals surface area contributed by atoms with Crippen LogP contribution in [-0.4, -0.2) is 25.3 Å². The number of carbonyl (C=O) groups excluding carboxylic acids is 2. The van der Waals surface area contributed by atoms with Gasteiger partial charge in [0.1, 0.15) is 28.0 Å². The van der Waals surface area contributed by atoms with Crippen molar-refractivity contribution >= 4 is 27.3 Å². The molecule has 176 valence electrons. The number of amides is 2. The molecule has 0 unspecified atom stereocenters. The molecule has 4 rings (SSSR count). The predicted octanol–water partition coefficient (Wildman–Crippen LogP) is 3.38. The van der Waals surface area contributed by atoms with Crippen LogP contribution in [0.25, 0.3) is 0 Å². The number of nitrogens with two attached hydrogens (primary N) is 1. The zero-order valence-corrected chi connectivity index (χ0v) is 18.9. The maximum absolute atomic E-state index is 13.2. The Hall–Kier alpha value is -3.92. The molecule has 34 heavy (non-hydrogen) atoms. The summed E-state index contributed by atoms with van der Waals surface area (Å²) in [6.07, 6.45) is 2.11. The largest absolute Gasteiger partial charge is 0.507 e. The maximum Gasteiger partial charge on any atom is 0.313 e. The van der Waals surface area contributed by atoms with Crippen molar-refractivity contribution in [2.45, 2.75) is 36.0 Å². The zero-order chi connectivity index (χ0) is 24.6. The van der Waals surface area contributed by atoms with E-state index in [1.54, 1.807) is 13.0 Å². The number of phenolic OH excluding ortho intramolecular Hbond substituents is 1. The zero-order valence-electron chi connectivity index (χ0n) is 18.1. The molecule has 10 heteroatoms. The highest BCUT2D eigenvalue weighted by molar-refractivity contribution is 7.91. The van der Waals surface area contributed by atoms with Crippen LogP contribution in [0.15, 0.2) is 58.3 Å². The minimum Gasteiger partial charge on any atom is -0.507 e. The van der Waals surface area contributed by atoms with E-state index in [1.165, 1.54) is 18.2 Å². The standard InChI is InChI=1S/C24H21FN2O6S/c1-13-11-19(27-24(30)23(26)29)17-3-2-4-18(17)22(13)33-15-7-10-20(28)21(12-15)34(31,32)16-8-5-14(25)6-9-16/h5-12,28H,2-4H2,1H3,(H2,26,29)(H,27,30). The number of anilines is 1. The van der Waals surface area contributed by atoms with Crippen LogP contribution in [0, 0.1) is 12.7 Å². The van der Waals surface area contributed by atoms with Crippen LogP contribution in [-0.2, 0) is 32.3 Å². The molecule has 0 bridgehead atoms. The number of nitrogens with one attached hydrogen (secondary N) is 1. The molecule has 3 aromatic carbocycles. The van der Waals surface area contributed by atoms with Gasteiger partial charge < -0.3 is 20.9 Å². The Morgan fingerprint density at radius 3 is 2.41 bits per heavy atom. The number of hydrogen-bond acceptors (Lipinski definition) is 6. The molecule has 0 saturated heterocycles. The highest BCUT2D eigenvalue weighted by Crippen LogP contribution is 2.42. The average Bonchev–Trinajstić information content (AvgIpc) is 3.27. The second-order valence-corrected chi connectivity index (χ2v) is 9.81. The van der Waals surface area contributed by atoms with Crippen molar-refractivity contribution in [3.05, 3.63) is 71.0 Å². The van der Waals surface area contributed by atoms with Gasteiger partial charge in [0.25, 0.3) is 0 Å². The minimum absolute atomic E-state index is 0.171. The van der Waals surface area contributed by atoms with E-state index in [4.69, 9.17) is 10.5 Å². The normalized spacial score (nSPS) is 12.8. The SMILES string of the molecule is Cc1cc(NC(=O)C(N)=O)c2c(c1Oc1ccc(O)c(S(=O)(=O)c3ccc(F)cc3)c1)CCC2. The Balaban J connectivity index is 1.72. The van der Waals surface area contributed by atoms with E-state index in [0.29, 0.717) is 29.8 Å². The number of aryl methyl sites for hydroxylation is 1. The number of ether oxygens (including phenoxy) is 1. The lowest BCUT2D eigenvalue weighted by atomic mass is 10.0. The van der Waals surface area contributed by atoms with Gasteiger partial charge in [-0.3, -0.25) is 9.59 Å². The quantitative estimate of drug-likeness (QED) is 0.375. The molecule has 0 radical (unpaired) electrons. The van der Waals surface area contributed by atoms with Crippen LogP contribution in [0.1, 0.15) is 23.1 Å². The van der Waals surface area contributed by atoms with Gasteiger partial charge in [0.15, 0.2) is 0 Å². The predicted molar refractivity (Wildman–Crippen MR) is 121 cm³/mol. The molecule has 4 N–H and O–H groups in total. The number of halogens is 1. The van der Waals surface area contributed by atoms with Gasteiger partial charge >= 0.3 is 11.8 Å². The van der Waals surface area contributed by atoms with Crippen LogP contribution in [0.4, 0.5) is 10.1 Å². The molecule has 0 aliphatic heterocycles. The fourth-order valence-electron chi connectivity index (χ4n) is 3.97. The molecule has 3 aromatic rings. The second-order valence-electron chi connectivity index (χ2n) is 7.89. The van der Waals surface area contributed by atoms with Gasteiger partial charge in [-0.05, 0) is 79.8 Å². The van der Waals surface area contributed by atoms with Crippen molar-refractivity contribution in [1.82, 2.24) is 0 Å². The first kappa shape index (κ1) is 23.2. The molecular weight excluding hydrogens is 463 g/mol. The number of carbonyl (C=O) groups is 2. The molecule has 0 saturated carbocycles. The number of hydrogen-bond donors (Lipinski definition) is 3. The highest BCUT2D eigenvalue weighted by atomic mass is 32.2. The molecule has 8 nitrogen and oxygen atoms in total. The van der Waals surface area contributed by atoms with E-state index in [2.05, 4.69) is 5.32 Å². The molecule has 1 aliphatic rings. The van der Waals surface area contributed by atoms with Gasteiger partial charge in [0, 0.05) is 17.3 Å². The molecule has 1 aliphatic carbocycles. The molecule has 0 atom stereocenters. The number of benzene rings is 3. The summed E-state index contributed by atoms with van der Waals surface area (Å²) in [5, 5.41) is 12.8. The van der Waals surface area contributed by atoms with Gasteiger partial charge in [-0.25, -0.2) is 12.8 Å². The van der Waals surface area contributed by atoms with E-state index in [1.807, 2.05) is 0 Å². The van der Waals surface area contributed by atoms with Crippen molar-refractivity contribution in [1.29, 1.82) is 0 Å². The Kier molecular flexibility index (Phi) is 6.01. The molecular formula is C24H21FN2O6S. The first-order valence-corrected chi connectivity index (χ1v) is 11.8. The van der Waals surface area contributed by atoms with Crippen LogP contribution >= 0.6 is 0 Å². The van der Waals surface area contributed by atoms with E-state index >= 15 is 0 Å². The summed E-state index contributed by atoms with van der Waals surface area (Å²) in [7, 11) is -4.14. The van der Waals surface area contributed by atoms with Crippen molar-refractivity contribution in [2.24, 2.45) is 5.73 Å². The third kappa shape index (κ3) is 4.32. The third-order valence-corrected chi connectivity index (χ3v) is 7.37. The van der Waals surface area contributed by atoms with Crippen molar-refractivity contribution in [2.75, 3.05) is 5.32 Å². The Morgan fingerprint density at radius 1 is 1.06 bits per heavy atom. The number of phenols is 1. The first-order valence-electron chi connectivity index (χ1n) is 10.4. The van der Waals surface area contributed by atoms with Gasteiger partial charge in [-0.2, -0.15) is 0 Å². The third-order valence-electron chi connectivity index (χ3n) is 5.57. The van der Waals surface area contributed by atoms with Crippen molar-refractivity contribution in [3.63, 3.8) is 0 Å². The molecule has 0 heterocycles. The lowest BCUT2D eigenvalue weighted by Gasteiger charge is -2.18. The summed E-state index contributed by atoms with van der Waals surface area (Å²) >= 11 is 0. The summed E-state index contributed by atoms with van der Waals surface area (Å²) in [6, 6.07) is 9.80. The number of primary amides is 1. The van der Waals surface area contributed by atoms with Crippen molar-refractivity contribution in [3.8, 4) is 17.2 Å². The molecule has 2 amide bonds. The number of aromatic hydroxyl groups is 1. The fourth-order valence-corrected chi connectivity index (χ4v) is 5.33. The average molecular weight is 485 g/mol. The lowest BCUT2D eigenvalue weighted by molar-refractivity contribution is -0.134. The summed E-state index contributed by atoms with van der Waals surface area (Å²) < 4.78 is 45.3. The maximum atomic E-state index is 13.2. The van der Waals surface area contributed by atoms with Crippen LogP contribution in [0.3, 0.4) is 0 Å². The Bertz CT molecular complexity index is 1420. The summed E-state index contributed by atoms with van der Waals surface area (Å²) in [6.45, 7) is 1.75. The van der Waals surface area contributed by atoms with Gasteiger partial charge in [-0.1, -0.05) is 0 Å². The van der Waals surface area contributed by atoms with E-state index < -0.39 is 33.2 Å². The van der Waals surface area contributed by atoms with E-state index in [0.717, 1.165) is 41.8 Å². The molecule has 0 spiro atoms. The van der Waals surface area contributed by atoms with E-state index in [9.17, 15) is 27.5 Å². The summed E-state index contributed by atoms with van der Waals surface area (Å²) in [5.74, 6) is -2.40. The highest BCUT2D eigenvalue weighted by Gasteiger charge is 2.26.